The Balaban J connectivity index is 2.63. The van der Waals surface area contributed by atoms with Crippen LogP contribution in [0.5, 0.6) is 0 Å². The van der Waals surface area contributed by atoms with Gasteiger partial charge in [0, 0.05) is 6.42 Å². The molecule has 70 valence electrons. The summed E-state index contributed by atoms with van der Waals surface area (Å²) in [5.41, 5.74) is 1.37. The van der Waals surface area contributed by atoms with Crippen LogP contribution in [-0.4, -0.2) is 11.0 Å². The lowest BCUT2D eigenvalue weighted by atomic mass is 10.3. The minimum atomic E-state index is -0.0765. The molecule has 13 heavy (non-hydrogen) atoms. The SMILES string of the molecule is C=C(C)C(=C)ON1C(=C)CCC1=O. The molecule has 0 aliphatic carbocycles. The van der Waals surface area contributed by atoms with Gasteiger partial charge in [-0.25, -0.2) is 0 Å². The molecule has 0 aromatic rings. The molecule has 1 fully saturated rings. The Bertz CT molecular complexity index is 275. The van der Waals surface area contributed by atoms with Crippen molar-refractivity contribution in [1.82, 2.24) is 5.06 Å². The van der Waals surface area contributed by atoms with Crippen molar-refractivity contribution in [2.75, 3.05) is 0 Å². The quantitative estimate of drug-likeness (QED) is 0.490. The van der Waals surface area contributed by atoms with Crippen LogP contribution in [-0.2, 0) is 9.63 Å². The smallest absolute Gasteiger partial charge is 0.260 e. The lowest BCUT2D eigenvalue weighted by molar-refractivity contribution is -0.155. The van der Waals surface area contributed by atoms with Gasteiger partial charge >= 0.3 is 0 Å². The molecule has 0 bridgehead atoms. The van der Waals surface area contributed by atoms with Crippen LogP contribution >= 0.6 is 0 Å². The molecule has 3 nitrogen and oxygen atoms in total. The number of hydrogen-bond acceptors (Lipinski definition) is 2. The summed E-state index contributed by atoms with van der Waals surface area (Å²) < 4.78 is 0. The van der Waals surface area contributed by atoms with Gasteiger partial charge in [0.2, 0.25) is 0 Å². The highest BCUT2D eigenvalue weighted by Crippen LogP contribution is 2.23. The molecule has 1 rings (SSSR count). The van der Waals surface area contributed by atoms with Crippen molar-refractivity contribution >= 4 is 5.91 Å². The zero-order chi connectivity index (χ0) is 10.0. The number of hydrogen-bond donors (Lipinski definition) is 0. The van der Waals surface area contributed by atoms with Crippen LogP contribution in [0.2, 0.25) is 0 Å². The number of hydroxylamine groups is 2. The van der Waals surface area contributed by atoms with E-state index in [1.54, 1.807) is 6.92 Å². The van der Waals surface area contributed by atoms with Crippen molar-refractivity contribution in [3.8, 4) is 0 Å². The largest absolute Gasteiger partial charge is 0.373 e. The van der Waals surface area contributed by atoms with E-state index in [1.807, 2.05) is 0 Å². The van der Waals surface area contributed by atoms with Gasteiger partial charge in [-0.15, -0.1) is 5.06 Å². The molecule has 0 unspecified atom stereocenters. The van der Waals surface area contributed by atoms with Crippen LogP contribution in [0.15, 0.2) is 36.8 Å². The maximum absolute atomic E-state index is 11.2. The van der Waals surface area contributed by atoms with E-state index in [0.717, 1.165) is 0 Å². The third-order valence-electron chi connectivity index (χ3n) is 1.82. The maximum Gasteiger partial charge on any atom is 0.260 e. The van der Waals surface area contributed by atoms with Crippen molar-refractivity contribution in [3.63, 3.8) is 0 Å². The Kier molecular flexibility index (Phi) is 2.56. The zero-order valence-corrected chi connectivity index (χ0v) is 7.80. The second-order valence-electron chi connectivity index (χ2n) is 3.05. The van der Waals surface area contributed by atoms with Gasteiger partial charge in [0.15, 0.2) is 5.76 Å². The monoisotopic (exact) mass is 179 g/mol. The molecular weight excluding hydrogens is 166 g/mol. The molecule has 0 N–H and O–H groups in total. The molecule has 1 aliphatic rings. The summed E-state index contributed by atoms with van der Waals surface area (Å²) in [4.78, 5) is 16.4. The average molecular weight is 179 g/mol. The molecule has 0 atom stereocenters. The Labute approximate surface area is 77.9 Å². The summed E-state index contributed by atoms with van der Waals surface area (Å²) in [6, 6.07) is 0. The van der Waals surface area contributed by atoms with Crippen molar-refractivity contribution in [2.24, 2.45) is 0 Å². The predicted octanol–water partition coefficient (Wildman–Crippen LogP) is 2.14. The van der Waals surface area contributed by atoms with Gasteiger partial charge in [0.05, 0.1) is 5.70 Å². The van der Waals surface area contributed by atoms with Crippen molar-refractivity contribution < 1.29 is 9.63 Å². The Morgan fingerprint density at radius 2 is 2.08 bits per heavy atom. The third-order valence-corrected chi connectivity index (χ3v) is 1.82. The minimum Gasteiger partial charge on any atom is -0.373 e. The Hall–Kier alpha value is -1.51. The molecule has 0 saturated carbocycles. The van der Waals surface area contributed by atoms with Crippen molar-refractivity contribution in [2.45, 2.75) is 19.8 Å². The highest BCUT2D eigenvalue weighted by Gasteiger charge is 2.26. The predicted molar refractivity (Wildman–Crippen MR) is 50.3 cm³/mol. The summed E-state index contributed by atoms with van der Waals surface area (Å²) in [5.74, 6) is 0.323. The summed E-state index contributed by atoms with van der Waals surface area (Å²) in [6.45, 7) is 12.8. The van der Waals surface area contributed by atoms with Gasteiger partial charge in [-0.05, 0) is 18.9 Å². The van der Waals surface area contributed by atoms with E-state index in [9.17, 15) is 4.79 Å². The standard InChI is InChI=1S/C10H13NO2/c1-7(2)9(4)13-11-8(3)5-6-10(11)12/h1,3-6H2,2H3. The first-order valence-corrected chi connectivity index (χ1v) is 4.06. The van der Waals surface area contributed by atoms with Crippen molar-refractivity contribution in [3.05, 3.63) is 36.8 Å². The van der Waals surface area contributed by atoms with Gasteiger partial charge in [0.1, 0.15) is 0 Å². The first kappa shape index (κ1) is 9.58. The Morgan fingerprint density at radius 3 is 2.46 bits per heavy atom. The van der Waals surface area contributed by atoms with Crippen LogP contribution in [0.25, 0.3) is 0 Å². The van der Waals surface area contributed by atoms with E-state index in [-0.39, 0.29) is 5.91 Å². The van der Waals surface area contributed by atoms with Crippen LogP contribution < -0.4 is 0 Å². The molecule has 1 heterocycles. The molecule has 0 aromatic heterocycles. The first-order chi connectivity index (χ1) is 6.02. The molecule has 0 aromatic carbocycles. The number of amides is 1. The number of nitrogens with zero attached hydrogens (tertiary/aromatic N) is 1. The van der Waals surface area contributed by atoms with Gasteiger partial charge in [-0.2, -0.15) is 0 Å². The highest BCUT2D eigenvalue weighted by atomic mass is 16.7. The lowest BCUT2D eigenvalue weighted by Gasteiger charge is -2.18. The average Bonchev–Trinajstić information content (AvgIpc) is 2.35. The lowest BCUT2D eigenvalue weighted by Crippen LogP contribution is -2.22. The van der Waals surface area contributed by atoms with Gasteiger partial charge in [0.25, 0.3) is 5.91 Å². The first-order valence-electron chi connectivity index (χ1n) is 4.06. The summed E-state index contributed by atoms with van der Waals surface area (Å²) >= 11 is 0. The minimum absolute atomic E-state index is 0.0765. The van der Waals surface area contributed by atoms with Gasteiger partial charge < -0.3 is 4.84 Å². The summed E-state index contributed by atoms with van der Waals surface area (Å²) in [5, 5.41) is 1.19. The summed E-state index contributed by atoms with van der Waals surface area (Å²) in [6.07, 6.45) is 1.12. The second kappa shape index (κ2) is 3.47. The fraction of sp³-hybridized carbons (Fsp3) is 0.300. The van der Waals surface area contributed by atoms with E-state index >= 15 is 0 Å². The Morgan fingerprint density at radius 1 is 1.46 bits per heavy atom. The number of carbonyl (C=O) groups is 1. The third kappa shape index (κ3) is 1.99. The van der Waals surface area contributed by atoms with E-state index in [0.29, 0.717) is 29.9 Å². The molecule has 1 saturated heterocycles. The fourth-order valence-corrected chi connectivity index (χ4v) is 0.934. The molecular formula is C10H13NO2. The van der Waals surface area contributed by atoms with E-state index < -0.39 is 0 Å². The van der Waals surface area contributed by atoms with E-state index in [1.165, 1.54) is 5.06 Å². The van der Waals surface area contributed by atoms with Crippen LogP contribution in [0.4, 0.5) is 0 Å². The highest BCUT2D eigenvalue weighted by molar-refractivity contribution is 5.80. The maximum atomic E-state index is 11.2. The van der Waals surface area contributed by atoms with Crippen LogP contribution in [0.3, 0.4) is 0 Å². The number of carbonyl (C=O) groups excluding carboxylic acids is 1. The molecule has 1 aliphatic heterocycles. The second-order valence-corrected chi connectivity index (χ2v) is 3.05. The normalized spacial score (nSPS) is 16.2. The van der Waals surface area contributed by atoms with Gasteiger partial charge in [-0.3, -0.25) is 4.79 Å². The summed E-state index contributed by atoms with van der Waals surface area (Å²) in [7, 11) is 0. The van der Waals surface area contributed by atoms with Crippen LogP contribution in [0.1, 0.15) is 19.8 Å². The molecule has 0 radical (unpaired) electrons. The molecule has 3 heteroatoms. The zero-order valence-electron chi connectivity index (χ0n) is 7.80. The van der Waals surface area contributed by atoms with Crippen molar-refractivity contribution in [1.29, 1.82) is 0 Å². The van der Waals surface area contributed by atoms with E-state index in [2.05, 4.69) is 19.7 Å². The number of allylic oxidation sites excluding steroid dienone is 2. The fourth-order valence-electron chi connectivity index (χ4n) is 0.934. The van der Waals surface area contributed by atoms with E-state index in [4.69, 9.17) is 4.84 Å². The van der Waals surface area contributed by atoms with Gasteiger partial charge in [-0.1, -0.05) is 19.7 Å². The topological polar surface area (TPSA) is 29.5 Å². The number of rotatable bonds is 3. The van der Waals surface area contributed by atoms with Crippen LogP contribution in [0, 0.1) is 0 Å². The molecule has 1 amide bonds. The molecule has 0 spiro atoms.